The van der Waals surface area contributed by atoms with E-state index in [0.29, 0.717) is 12.5 Å². The molecule has 5 nitrogen and oxygen atoms in total. The molecular formula is C15H23ClN4O. The van der Waals surface area contributed by atoms with E-state index in [1.165, 1.54) is 0 Å². The number of halogens is 1. The Morgan fingerprint density at radius 2 is 2.14 bits per heavy atom. The number of amides is 1. The Labute approximate surface area is 131 Å². The van der Waals surface area contributed by atoms with Crippen molar-refractivity contribution in [2.45, 2.75) is 32.7 Å². The number of hydrogen-bond donors (Lipinski definition) is 2. The lowest BCUT2D eigenvalue weighted by Crippen LogP contribution is -2.15. The van der Waals surface area contributed by atoms with Crippen molar-refractivity contribution in [3.8, 4) is 0 Å². The van der Waals surface area contributed by atoms with Gasteiger partial charge in [-0.2, -0.15) is 5.10 Å². The highest BCUT2D eigenvalue weighted by Crippen LogP contribution is 2.21. The Morgan fingerprint density at radius 1 is 1.38 bits per heavy atom. The van der Waals surface area contributed by atoms with E-state index in [1.54, 1.807) is 0 Å². The molecule has 2 rings (SSSR count). The molecule has 2 aromatic rings. The molecule has 1 heterocycles. The molecule has 0 bridgehead atoms. The van der Waals surface area contributed by atoms with Gasteiger partial charge >= 0.3 is 0 Å². The highest BCUT2D eigenvalue weighted by Gasteiger charge is 2.08. The molecule has 0 saturated heterocycles. The molecule has 0 unspecified atom stereocenters. The second-order valence-electron chi connectivity index (χ2n) is 5.21. The number of fused-ring (bicyclic) bond motifs is 1. The molecule has 0 aliphatic heterocycles. The van der Waals surface area contributed by atoms with Gasteiger partial charge in [0.2, 0.25) is 5.91 Å². The Kier molecular flexibility index (Phi) is 6.65. The van der Waals surface area contributed by atoms with Gasteiger partial charge in [0.25, 0.3) is 0 Å². The van der Waals surface area contributed by atoms with E-state index in [9.17, 15) is 4.79 Å². The van der Waals surface area contributed by atoms with E-state index in [0.717, 1.165) is 29.6 Å². The van der Waals surface area contributed by atoms with Crippen LogP contribution in [0.2, 0.25) is 0 Å². The molecule has 0 spiro atoms. The molecule has 1 aromatic heterocycles. The zero-order valence-electron chi connectivity index (χ0n) is 12.7. The van der Waals surface area contributed by atoms with Crippen LogP contribution in [0.3, 0.4) is 0 Å². The molecule has 21 heavy (non-hydrogen) atoms. The van der Waals surface area contributed by atoms with Crippen LogP contribution in [0.25, 0.3) is 10.9 Å². The average Bonchev–Trinajstić information content (AvgIpc) is 2.82. The monoisotopic (exact) mass is 310 g/mol. The summed E-state index contributed by atoms with van der Waals surface area (Å²) in [4.78, 5) is 11.8. The van der Waals surface area contributed by atoms with Crippen LogP contribution >= 0.6 is 12.4 Å². The molecule has 116 valence electrons. The first kappa shape index (κ1) is 17.5. The number of carbonyl (C=O) groups is 1. The van der Waals surface area contributed by atoms with Crippen molar-refractivity contribution in [2.24, 2.45) is 0 Å². The van der Waals surface area contributed by atoms with E-state index >= 15 is 0 Å². The molecule has 2 N–H and O–H groups in total. The van der Waals surface area contributed by atoms with Gasteiger partial charge in [0.15, 0.2) is 0 Å². The summed E-state index contributed by atoms with van der Waals surface area (Å²) >= 11 is 0. The van der Waals surface area contributed by atoms with E-state index in [1.807, 2.05) is 36.1 Å². The van der Waals surface area contributed by atoms with Crippen LogP contribution in [0.5, 0.6) is 0 Å². The summed E-state index contributed by atoms with van der Waals surface area (Å²) in [7, 11) is 1.89. The largest absolute Gasteiger partial charge is 0.326 e. The van der Waals surface area contributed by atoms with Gasteiger partial charge in [0, 0.05) is 23.5 Å². The van der Waals surface area contributed by atoms with Crippen molar-refractivity contribution < 1.29 is 4.79 Å². The first-order chi connectivity index (χ1) is 9.61. The summed E-state index contributed by atoms with van der Waals surface area (Å²) < 4.78 is 1.96. The molecule has 1 aromatic carbocycles. The lowest BCUT2D eigenvalue weighted by atomic mass is 10.2. The van der Waals surface area contributed by atoms with Crippen LogP contribution in [-0.2, 0) is 4.79 Å². The van der Waals surface area contributed by atoms with E-state index in [2.05, 4.69) is 29.6 Å². The number of benzene rings is 1. The topological polar surface area (TPSA) is 59.0 Å². The zero-order valence-corrected chi connectivity index (χ0v) is 13.5. The fraction of sp³-hybridized carbons (Fsp3) is 0.467. The Balaban J connectivity index is 0.00000220. The van der Waals surface area contributed by atoms with Gasteiger partial charge in [-0.1, -0.05) is 0 Å². The molecule has 0 saturated carbocycles. The Hall–Kier alpha value is -1.59. The summed E-state index contributed by atoms with van der Waals surface area (Å²) in [6.07, 6.45) is 3.23. The molecule has 0 radical (unpaired) electrons. The first-order valence-electron chi connectivity index (χ1n) is 7.03. The van der Waals surface area contributed by atoms with Crippen LogP contribution < -0.4 is 10.6 Å². The lowest BCUT2D eigenvalue weighted by Gasteiger charge is -2.09. The number of anilines is 1. The van der Waals surface area contributed by atoms with E-state index < -0.39 is 0 Å². The zero-order chi connectivity index (χ0) is 14.5. The average molecular weight is 311 g/mol. The van der Waals surface area contributed by atoms with Gasteiger partial charge in [0.1, 0.15) is 0 Å². The molecule has 0 aliphatic rings. The highest BCUT2D eigenvalue weighted by atomic mass is 35.5. The third-order valence-electron chi connectivity index (χ3n) is 3.20. The van der Waals surface area contributed by atoms with Gasteiger partial charge in [0.05, 0.1) is 11.7 Å². The Bertz CT molecular complexity index is 594. The predicted molar refractivity (Wildman–Crippen MR) is 89.2 cm³/mol. The van der Waals surface area contributed by atoms with Crippen molar-refractivity contribution in [3.63, 3.8) is 0 Å². The quantitative estimate of drug-likeness (QED) is 0.806. The number of nitrogens with one attached hydrogen (secondary N) is 2. The molecule has 0 aliphatic carbocycles. The number of aromatic nitrogens is 2. The number of hydrogen-bond acceptors (Lipinski definition) is 3. The second-order valence-corrected chi connectivity index (χ2v) is 5.21. The van der Waals surface area contributed by atoms with Crippen LogP contribution in [-0.4, -0.2) is 29.3 Å². The molecule has 0 atom stereocenters. The standard InChI is InChI=1S/C15H22N4O.ClH/c1-11(2)19-14-9-13(7-6-12(14)10-17-19)18-15(20)5-4-8-16-3;/h6-7,9-11,16H,4-5,8H2,1-3H3,(H,18,20);1H. The molecule has 6 heteroatoms. The highest BCUT2D eigenvalue weighted by molar-refractivity contribution is 5.93. The SMILES string of the molecule is CNCCCC(=O)Nc1ccc2cnn(C(C)C)c2c1.Cl. The number of rotatable bonds is 6. The van der Waals surface area contributed by atoms with Gasteiger partial charge in [-0.15, -0.1) is 12.4 Å². The van der Waals surface area contributed by atoms with Crippen LogP contribution in [0.1, 0.15) is 32.7 Å². The fourth-order valence-corrected chi connectivity index (χ4v) is 2.18. The van der Waals surface area contributed by atoms with Crippen molar-refractivity contribution in [3.05, 3.63) is 24.4 Å². The summed E-state index contributed by atoms with van der Waals surface area (Å²) in [5, 5.41) is 11.4. The van der Waals surface area contributed by atoms with Gasteiger partial charge in [-0.25, -0.2) is 0 Å². The maximum atomic E-state index is 11.8. The van der Waals surface area contributed by atoms with Gasteiger partial charge in [-0.05, 0) is 52.1 Å². The van der Waals surface area contributed by atoms with Gasteiger partial charge < -0.3 is 10.6 Å². The number of carbonyl (C=O) groups excluding carboxylic acids is 1. The predicted octanol–water partition coefficient (Wildman–Crippen LogP) is 2.98. The van der Waals surface area contributed by atoms with Crippen LogP contribution in [0, 0.1) is 0 Å². The second kappa shape index (κ2) is 8.00. The maximum absolute atomic E-state index is 11.8. The third-order valence-corrected chi connectivity index (χ3v) is 3.20. The summed E-state index contributed by atoms with van der Waals surface area (Å²) in [6.45, 7) is 5.04. The van der Waals surface area contributed by atoms with E-state index in [-0.39, 0.29) is 18.3 Å². The van der Waals surface area contributed by atoms with Crippen molar-refractivity contribution in [1.29, 1.82) is 0 Å². The van der Waals surface area contributed by atoms with Crippen molar-refractivity contribution >= 4 is 34.9 Å². The normalized spacial score (nSPS) is 10.7. The maximum Gasteiger partial charge on any atom is 0.224 e. The molecular weight excluding hydrogens is 288 g/mol. The first-order valence-corrected chi connectivity index (χ1v) is 7.03. The molecule has 1 amide bonds. The number of nitrogens with zero attached hydrogens (tertiary/aromatic N) is 2. The summed E-state index contributed by atoms with van der Waals surface area (Å²) in [6, 6.07) is 6.20. The third kappa shape index (κ3) is 4.44. The minimum atomic E-state index is 0. The van der Waals surface area contributed by atoms with Gasteiger partial charge in [-0.3, -0.25) is 9.48 Å². The minimum absolute atomic E-state index is 0. The molecule has 0 fully saturated rings. The summed E-state index contributed by atoms with van der Waals surface area (Å²) in [5.41, 5.74) is 1.88. The smallest absolute Gasteiger partial charge is 0.224 e. The van der Waals surface area contributed by atoms with Crippen LogP contribution in [0.15, 0.2) is 24.4 Å². The van der Waals surface area contributed by atoms with Crippen LogP contribution in [0.4, 0.5) is 5.69 Å². The van der Waals surface area contributed by atoms with E-state index in [4.69, 9.17) is 0 Å². The minimum Gasteiger partial charge on any atom is -0.326 e. The lowest BCUT2D eigenvalue weighted by molar-refractivity contribution is -0.116. The summed E-state index contributed by atoms with van der Waals surface area (Å²) in [5.74, 6) is 0.0511. The van der Waals surface area contributed by atoms with Crippen molar-refractivity contribution in [2.75, 3.05) is 18.9 Å². The van der Waals surface area contributed by atoms with Crippen molar-refractivity contribution in [1.82, 2.24) is 15.1 Å². The fourth-order valence-electron chi connectivity index (χ4n) is 2.18. The Morgan fingerprint density at radius 3 is 2.81 bits per heavy atom.